The van der Waals surface area contributed by atoms with E-state index in [1.807, 2.05) is 19.1 Å². The summed E-state index contributed by atoms with van der Waals surface area (Å²) in [4.78, 5) is 15.3. The van der Waals surface area contributed by atoms with Crippen LogP contribution in [0.25, 0.3) is 0 Å². The molecule has 3 aromatic rings. The van der Waals surface area contributed by atoms with Gasteiger partial charge in [-0.15, -0.1) is 21.5 Å². The van der Waals surface area contributed by atoms with Gasteiger partial charge in [0.2, 0.25) is 0 Å². The fourth-order valence-corrected chi connectivity index (χ4v) is 5.73. The summed E-state index contributed by atoms with van der Waals surface area (Å²) in [6.45, 7) is 4.85. The first-order valence-electron chi connectivity index (χ1n) is 9.94. The molecule has 2 aliphatic heterocycles. The van der Waals surface area contributed by atoms with Crippen molar-refractivity contribution < 1.29 is 0 Å². The summed E-state index contributed by atoms with van der Waals surface area (Å²) in [6.07, 6.45) is 2.06. The van der Waals surface area contributed by atoms with Crippen molar-refractivity contribution in [3.05, 3.63) is 80.2 Å². The smallest absolute Gasteiger partial charge is 0.251 e. The van der Waals surface area contributed by atoms with Crippen molar-refractivity contribution in [2.75, 3.05) is 13.1 Å². The van der Waals surface area contributed by atoms with Gasteiger partial charge in [-0.2, -0.15) is 0 Å². The van der Waals surface area contributed by atoms with Crippen molar-refractivity contribution in [2.45, 2.75) is 38.3 Å². The molecular weight excluding hydrogens is 368 g/mol. The Morgan fingerprint density at radius 1 is 1.07 bits per heavy atom. The average Bonchev–Trinajstić information content (AvgIpc) is 3.11. The molecule has 0 aliphatic carbocycles. The summed E-state index contributed by atoms with van der Waals surface area (Å²) >= 11 is 1.68. The molecule has 0 saturated carbocycles. The zero-order valence-corrected chi connectivity index (χ0v) is 16.8. The summed E-state index contributed by atoms with van der Waals surface area (Å²) < 4.78 is 2.10. The van der Waals surface area contributed by atoms with Crippen molar-refractivity contribution in [3.63, 3.8) is 0 Å². The van der Waals surface area contributed by atoms with Crippen molar-refractivity contribution in [1.29, 1.82) is 0 Å². The minimum atomic E-state index is 0.140. The first kappa shape index (κ1) is 17.8. The molecular formula is C22H24N4OS. The lowest BCUT2D eigenvalue weighted by Crippen LogP contribution is -2.49. The van der Waals surface area contributed by atoms with Crippen LogP contribution in [0.3, 0.4) is 0 Å². The van der Waals surface area contributed by atoms with Gasteiger partial charge in [-0.05, 0) is 37.3 Å². The number of benzene rings is 1. The molecule has 0 unspecified atom stereocenters. The van der Waals surface area contributed by atoms with Crippen molar-refractivity contribution in [2.24, 2.45) is 5.92 Å². The third-order valence-electron chi connectivity index (χ3n) is 6.09. The zero-order valence-electron chi connectivity index (χ0n) is 16.0. The molecule has 1 saturated heterocycles. The van der Waals surface area contributed by atoms with Gasteiger partial charge in [-0.1, -0.05) is 36.4 Å². The van der Waals surface area contributed by atoms with E-state index >= 15 is 0 Å². The Morgan fingerprint density at radius 2 is 1.93 bits per heavy atom. The number of nitrogens with zero attached hydrogens (tertiary/aromatic N) is 4. The molecule has 0 amide bonds. The molecule has 0 N–H and O–H groups in total. The predicted octanol–water partition coefficient (Wildman–Crippen LogP) is 3.41. The molecule has 1 aromatic carbocycles. The van der Waals surface area contributed by atoms with E-state index in [2.05, 4.69) is 50.0 Å². The maximum Gasteiger partial charge on any atom is 0.251 e. The van der Waals surface area contributed by atoms with E-state index in [0.29, 0.717) is 11.8 Å². The Labute approximate surface area is 168 Å². The molecule has 2 aliphatic rings. The molecule has 3 atom stereocenters. The van der Waals surface area contributed by atoms with E-state index < -0.39 is 0 Å². The third kappa shape index (κ3) is 3.31. The van der Waals surface area contributed by atoms with Crippen LogP contribution in [-0.4, -0.2) is 32.8 Å². The second-order valence-corrected chi connectivity index (χ2v) is 9.28. The monoisotopic (exact) mass is 392 g/mol. The van der Waals surface area contributed by atoms with E-state index in [0.717, 1.165) is 42.5 Å². The number of hydrogen-bond acceptors (Lipinski definition) is 5. The van der Waals surface area contributed by atoms with Gasteiger partial charge in [0.15, 0.2) is 0 Å². The van der Waals surface area contributed by atoms with E-state index in [4.69, 9.17) is 0 Å². The predicted molar refractivity (Wildman–Crippen MR) is 111 cm³/mol. The number of rotatable bonds is 4. The Bertz CT molecular complexity index is 1030. The molecule has 4 heterocycles. The van der Waals surface area contributed by atoms with Crippen molar-refractivity contribution in [1.82, 2.24) is 19.7 Å². The summed E-state index contributed by atoms with van der Waals surface area (Å²) in [6, 6.07) is 16.5. The summed E-state index contributed by atoms with van der Waals surface area (Å²) in [5.41, 5.74) is 2.63. The van der Waals surface area contributed by atoms with Crippen LogP contribution < -0.4 is 5.56 Å². The molecule has 5 rings (SSSR count). The maximum absolute atomic E-state index is 12.8. The van der Waals surface area contributed by atoms with Crippen LogP contribution in [0, 0.1) is 12.8 Å². The number of piperidine rings is 1. The highest BCUT2D eigenvalue weighted by molar-refractivity contribution is 7.11. The maximum atomic E-state index is 12.8. The molecule has 0 spiro atoms. The van der Waals surface area contributed by atoms with Crippen molar-refractivity contribution in [3.8, 4) is 0 Å². The summed E-state index contributed by atoms with van der Waals surface area (Å²) in [7, 11) is 0. The fraction of sp³-hybridized carbons (Fsp3) is 0.409. The second kappa shape index (κ2) is 7.26. The highest BCUT2D eigenvalue weighted by Crippen LogP contribution is 2.42. The van der Waals surface area contributed by atoms with Gasteiger partial charge in [-0.25, -0.2) is 0 Å². The molecule has 2 aromatic heterocycles. The number of likely N-dealkylation sites (tertiary alicyclic amines) is 1. The van der Waals surface area contributed by atoms with Gasteiger partial charge in [0, 0.05) is 36.8 Å². The van der Waals surface area contributed by atoms with Crippen LogP contribution in [0.4, 0.5) is 0 Å². The van der Waals surface area contributed by atoms with Gasteiger partial charge in [0.25, 0.3) is 5.56 Å². The van der Waals surface area contributed by atoms with Crippen molar-refractivity contribution >= 4 is 11.3 Å². The third-order valence-corrected chi connectivity index (χ3v) is 6.91. The Balaban J connectivity index is 1.48. The Morgan fingerprint density at radius 3 is 2.71 bits per heavy atom. The lowest BCUT2D eigenvalue weighted by atomic mass is 9.76. The first-order chi connectivity index (χ1) is 13.7. The normalized spacial score (nSPS) is 24.1. The van der Waals surface area contributed by atoms with Crippen LogP contribution in [-0.2, 0) is 13.0 Å². The van der Waals surface area contributed by atoms with Gasteiger partial charge in [0.05, 0.1) is 6.54 Å². The lowest BCUT2D eigenvalue weighted by Gasteiger charge is -2.47. The van der Waals surface area contributed by atoms with Crippen LogP contribution in [0.1, 0.15) is 39.7 Å². The van der Waals surface area contributed by atoms with Crippen LogP contribution >= 0.6 is 11.3 Å². The largest absolute Gasteiger partial charge is 0.309 e. The summed E-state index contributed by atoms with van der Waals surface area (Å²) in [5, 5.41) is 10.6. The van der Waals surface area contributed by atoms with Gasteiger partial charge >= 0.3 is 0 Å². The molecule has 2 bridgehead atoms. The van der Waals surface area contributed by atoms with Gasteiger partial charge < -0.3 is 4.57 Å². The topological polar surface area (TPSA) is 51.0 Å². The first-order valence-corrected chi connectivity index (χ1v) is 10.8. The number of hydrogen-bond donors (Lipinski definition) is 0. The van der Waals surface area contributed by atoms with E-state index in [-0.39, 0.29) is 11.6 Å². The van der Waals surface area contributed by atoms with Crippen LogP contribution in [0.5, 0.6) is 0 Å². The number of aromatic nitrogens is 3. The molecule has 5 nitrogen and oxygen atoms in total. The average molecular weight is 393 g/mol. The van der Waals surface area contributed by atoms with Gasteiger partial charge in [-0.3, -0.25) is 9.69 Å². The number of pyridine rings is 1. The highest BCUT2D eigenvalue weighted by atomic mass is 32.1. The zero-order chi connectivity index (χ0) is 19.1. The minimum Gasteiger partial charge on any atom is -0.309 e. The number of fused-ring (bicyclic) bond motifs is 4. The lowest BCUT2D eigenvalue weighted by molar-refractivity contribution is 0.0851. The molecule has 6 heteroatoms. The quantitative estimate of drug-likeness (QED) is 0.683. The minimum absolute atomic E-state index is 0.140. The van der Waals surface area contributed by atoms with Crippen LogP contribution in [0.2, 0.25) is 0 Å². The van der Waals surface area contributed by atoms with Gasteiger partial charge in [0.1, 0.15) is 10.0 Å². The fourth-order valence-electron chi connectivity index (χ4n) is 4.98. The standard InChI is InChI=1S/C22H24N4OS/c1-15-23-24-21(28-15)14-25-12-17-11-18(13-25)20(10-16-6-3-2-4-7-16)26-19(17)8-5-9-22(26)27/h2-9,17-18,20H,10-14H2,1H3/t17-,18+,20+/m1/s1. The second-order valence-electron chi connectivity index (χ2n) is 8.02. The number of aryl methyl sites for hydroxylation is 1. The van der Waals surface area contributed by atoms with E-state index in [9.17, 15) is 4.79 Å². The van der Waals surface area contributed by atoms with Crippen LogP contribution in [0.15, 0.2) is 53.3 Å². The molecule has 0 radical (unpaired) electrons. The highest BCUT2D eigenvalue weighted by Gasteiger charge is 2.40. The molecule has 144 valence electrons. The van der Waals surface area contributed by atoms with E-state index in [1.165, 1.54) is 11.3 Å². The molecule has 1 fully saturated rings. The Hall–Kier alpha value is -2.31. The Kier molecular flexibility index (Phi) is 4.61. The summed E-state index contributed by atoms with van der Waals surface area (Å²) in [5.74, 6) is 0.884. The van der Waals surface area contributed by atoms with E-state index in [1.54, 1.807) is 17.4 Å². The SMILES string of the molecule is Cc1nnc(CN2C[C@H]3C[C@@H](C2)[C@H](Cc2ccccc2)n2c3cccc2=O)s1. The molecule has 28 heavy (non-hydrogen) atoms.